The van der Waals surface area contributed by atoms with Crippen LogP contribution in [0.3, 0.4) is 0 Å². The summed E-state index contributed by atoms with van der Waals surface area (Å²) in [6.07, 6.45) is 0.949. The summed E-state index contributed by atoms with van der Waals surface area (Å²) in [6.45, 7) is 0.324. The predicted octanol–water partition coefficient (Wildman–Crippen LogP) is 0.920. The van der Waals surface area contributed by atoms with Crippen LogP contribution in [0.4, 0.5) is 0 Å². The van der Waals surface area contributed by atoms with Crippen LogP contribution in [0.5, 0.6) is 0 Å². The molecule has 0 aromatic heterocycles. The first-order valence-electron chi connectivity index (χ1n) is 6.92. The fourth-order valence-electron chi connectivity index (χ4n) is 2.45. The minimum atomic E-state index is -2.93. The molecule has 6 heteroatoms. The van der Waals surface area contributed by atoms with Gasteiger partial charge in [-0.2, -0.15) is 5.26 Å². The topological polar surface area (TPSA) is 87.0 Å². The monoisotopic (exact) mass is 306 g/mol. The molecule has 2 atom stereocenters. The van der Waals surface area contributed by atoms with Crippen molar-refractivity contribution >= 4 is 15.7 Å². The Hall–Kier alpha value is -1.87. The second-order valence-corrected chi connectivity index (χ2v) is 7.61. The van der Waals surface area contributed by atoms with Gasteiger partial charge in [-0.1, -0.05) is 30.3 Å². The molecule has 0 bridgehead atoms. The van der Waals surface area contributed by atoms with Gasteiger partial charge in [0.25, 0.3) is 0 Å². The van der Waals surface area contributed by atoms with Gasteiger partial charge in [0.2, 0.25) is 5.91 Å². The zero-order valence-electron chi connectivity index (χ0n) is 11.7. The zero-order valence-corrected chi connectivity index (χ0v) is 12.5. The molecular weight excluding hydrogens is 288 g/mol. The van der Waals surface area contributed by atoms with Crippen molar-refractivity contribution in [2.75, 3.05) is 18.1 Å². The number of benzene rings is 1. The van der Waals surface area contributed by atoms with Crippen LogP contribution in [0, 0.1) is 23.2 Å². The number of hydrogen-bond acceptors (Lipinski definition) is 4. The van der Waals surface area contributed by atoms with Crippen molar-refractivity contribution in [1.29, 1.82) is 5.26 Å². The van der Waals surface area contributed by atoms with E-state index in [0.717, 1.165) is 5.56 Å². The largest absolute Gasteiger partial charge is 0.355 e. The smallest absolute Gasteiger partial charge is 0.237 e. The van der Waals surface area contributed by atoms with Crippen molar-refractivity contribution in [2.24, 2.45) is 11.8 Å². The van der Waals surface area contributed by atoms with Gasteiger partial charge < -0.3 is 5.32 Å². The molecule has 2 rings (SSSR count). The first kappa shape index (κ1) is 15.5. The van der Waals surface area contributed by atoms with Crippen LogP contribution in [-0.4, -0.2) is 32.4 Å². The highest BCUT2D eigenvalue weighted by atomic mass is 32.2. The van der Waals surface area contributed by atoms with Gasteiger partial charge in [0.15, 0.2) is 9.84 Å². The Morgan fingerprint density at radius 3 is 2.67 bits per heavy atom. The summed E-state index contributed by atoms with van der Waals surface area (Å²) < 4.78 is 22.7. The fourth-order valence-corrected chi connectivity index (χ4v) is 4.31. The highest BCUT2D eigenvalue weighted by molar-refractivity contribution is 7.91. The number of carbonyl (C=O) groups excluding carboxylic acids is 1. The third kappa shape index (κ3) is 4.57. The molecule has 1 amide bonds. The number of carbonyl (C=O) groups is 1. The molecule has 21 heavy (non-hydrogen) atoms. The van der Waals surface area contributed by atoms with Crippen LogP contribution >= 0.6 is 0 Å². The molecule has 1 aromatic carbocycles. The molecule has 1 saturated heterocycles. The van der Waals surface area contributed by atoms with Crippen molar-refractivity contribution < 1.29 is 13.2 Å². The van der Waals surface area contributed by atoms with E-state index in [9.17, 15) is 13.2 Å². The third-order valence-corrected chi connectivity index (χ3v) is 5.48. The van der Waals surface area contributed by atoms with Crippen LogP contribution in [-0.2, 0) is 21.1 Å². The second kappa shape index (κ2) is 6.72. The maximum Gasteiger partial charge on any atom is 0.237 e. The van der Waals surface area contributed by atoms with Crippen molar-refractivity contribution in [2.45, 2.75) is 12.8 Å². The average Bonchev–Trinajstić information content (AvgIpc) is 2.82. The lowest BCUT2D eigenvalue weighted by Gasteiger charge is -2.13. The second-order valence-electron chi connectivity index (χ2n) is 5.39. The van der Waals surface area contributed by atoms with Crippen LogP contribution in [0.15, 0.2) is 30.3 Å². The Balaban J connectivity index is 1.85. The Morgan fingerprint density at radius 1 is 1.38 bits per heavy atom. The molecule has 2 unspecified atom stereocenters. The lowest BCUT2D eigenvalue weighted by atomic mass is 9.99. The minimum Gasteiger partial charge on any atom is -0.355 e. The van der Waals surface area contributed by atoms with E-state index in [2.05, 4.69) is 5.32 Å². The van der Waals surface area contributed by atoms with Crippen LogP contribution in [0.25, 0.3) is 0 Å². The Kier molecular flexibility index (Phi) is 4.97. The van der Waals surface area contributed by atoms with E-state index in [1.54, 1.807) is 0 Å². The quantitative estimate of drug-likeness (QED) is 0.876. The molecule has 1 N–H and O–H groups in total. The number of nitrogens with zero attached hydrogens (tertiary/aromatic N) is 1. The van der Waals surface area contributed by atoms with E-state index in [4.69, 9.17) is 5.26 Å². The Morgan fingerprint density at radius 2 is 2.10 bits per heavy atom. The molecular formula is C15H18N2O3S. The summed E-state index contributed by atoms with van der Waals surface area (Å²) >= 11 is 0. The lowest BCUT2D eigenvalue weighted by molar-refractivity contribution is -0.123. The molecule has 1 heterocycles. The van der Waals surface area contributed by atoms with Gasteiger partial charge in [0.05, 0.1) is 17.6 Å². The SMILES string of the molecule is N#CC(Cc1ccccc1)C(=O)NCC1CCS(=O)(=O)C1. The summed E-state index contributed by atoms with van der Waals surface area (Å²) in [7, 11) is -2.93. The summed E-state index contributed by atoms with van der Waals surface area (Å²) in [6, 6.07) is 11.4. The van der Waals surface area contributed by atoms with E-state index in [1.165, 1.54) is 0 Å². The average molecular weight is 306 g/mol. The molecule has 0 spiro atoms. The van der Waals surface area contributed by atoms with Gasteiger partial charge in [-0.15, -0.1) is 0 Å². The molecule has 1 aromatic rings. The third-order valence-electron chi connectivity index (χ3n) is 3.65. The highest BCUT2D eigenvalue weighted by Crippen LogP contribution is 2.17. The molecule has 0 radical (unpaired) electrons. The van der Waals surface area contributed by atoms with E-state index < -0.39 is 15.8 Å². The molecule has 1 fully saturated rings. The van der Waals surface area contributed by atoms with E-state index in [1.807, 2.05) is 36.4 Å². The first-order chi connectivity index (χ1) is 10.00. The Bertz CT molecular complexity index is 635. The lowest BCUT2D eigenvalue weighted by Crippen LogP contribution is -2.35. The molecule has 1 aliphatic rings. The molecule has 0 saturated carbocycles. The molecule has 0 aliphatic carbocycles. The van der Waals surface area contributed by atoms with Crippen LogP contribution in [0.1, 0.15) is 12.0 Å². The maximum absolute atomic E-state index is 12.0. The summed E-state index contributed by atoms with van der Waals surface area (Å²) in [4.78, 5) is 12.0. The van der Waals surface area contributed by atoms with Gasteiger partial charge in [-0.05, 0) is 24.3 Å². The highest BCUT2D eigenvalue weighted by Gasteiger charge is 2.28. The van der Waals surface area contributed by atoms with Crippen molar-refractivity contribution in [3.05, 3.63) is 35.9 Å². The van der Waals surface area contributed by atoms with Crippen molar-refractivity contribution in [3.8, 4) is 6.07 Å². The number of hydrogen-bond donors (Lipinski definition) is 1. The first-order valence-corrected chi connectivity index (χ1v) is 8.74. The van der Waals surface area contributed by atoms with Crippen molar-refractivity contribution in [1.82, 2.24) is 5.32 Å². The van der Waals surface area contributed by atoms with Gasteiger partial charge in [-0.3, -0.25) is 4.79 Å². The summed E-state index contributed by atoms with van der Waals surface area (Å²) in [5.41, 5.74) is 0.933. The van der Waals surface area contributed by atoms with Crippen molar-refractivity contribution in [3.63, 3.8) is 0 Å². The minimum absolute atomic E-state index is 0.0324. The number of nitrogens with one attached hydrogen (secondary N) is 1. The number of sulfone groups is 1. The van der Waals surface area contributed by atoms with E-state index >= 15 is 0 Å². The fraction of sp³-hybridized carbons (Fsp3) is 0.467. The van der Waals surface area contributed by atoms with Gasteiger partial charge in [-0.25, -0.2) is 8.42 Å². The summed E-state index contributed by atoms with van der Waals surface area (Å²) in [5, 5.41) is 11.8. The predicted molar refractivity (Wildman–Crippen MR) is 79.0 cm³/mol. The van der Waals surface area contributed by atoms with Gasteiger partial charge in [0.1, 0.15) is 5.92 Å². The number of nitriles is 1. The number of rotatable bonds is 5. The zero-order chi connectivity index (χ0) is 15.3. The number of amides is 1. The van der Waals surface area contributed by atoms with E-state index in [0.29, 0.717) is 19.4 Å². The Labute approximate surface area is 124 Å². The molecule has 5 nitrogen and oxygen atoms in total. The van der Waals surface area contributed by atoms with E-state index in [-0.39, 0.29) is 23.3 Å². The standard InChI is InChI=1S/C15H18N2O3S/c16-9-14(8-12-4-2-1-3-5-12)15(18)17-10-13-6-7-21(19,20)11-13/h1-5,13-14H,6-8,10-11H2,(H,17,18). The maximum atomic E-state index is 12.0. The van der Waals surface area contributed by atoms with Gasteiger partial charge in [0, 0.05) is 6.54 Å². The van der Waals surface area contributed by atoms with Crippen LogP contribution < -0.4 is 5.32 Å². The normalized spacial score (nSPS) is 21.4. The molecule has 112 valence electrons. The van der Waals surface area contributed by atoms with Gasteiger partial charge >= 0.3 is 0 Å². The molecule has 1 aliphatic heterocycles. The van der Waals surface area contributed by atoms with Crippen LogP contribution in [0.2, 0.25) is 0 Å². The summed E-state index contributed by atoms with van der Waals surface area (Å²) in [5.74, 6) is -0.784.